The maximum absolute atomic E-state index is 11.9. The first-order valence-electron chi connectivity index (χ1n) is 5.10. The molecule has 0 bridgehead atoms. The number of sulfonamides is 1. The van der Waals surface area contributed by atoms with Gasteiger partial charge in [-0.25, -0.2) is 18.1 Å². The second-order valence-electron chi connectivity index (χ2n) is 3.63. The lowest BCUT2D eigenvalue weighted by Crippen LogP contribution is -2.25. The van der Waals surface area contributed by atoms with Crippen LogP contribution in [-0.2, 0) is 23.6 Å². The summed E-state index contributed by atoms with van der Waals surface area (Å²) in [6.45, 7) is 0.260. The minimum atomic E-state index is -3.54. The highest BCUT2D eigenvalue weighted by Gasteiger charge is 2.18. The molecule has 0 saturated carbocycles. The van der Waals surface area contributed by atoms with Crippen LogP contribution in [0, 0.1) is 0 Å². The van der Waals surface area contributed by atoms with Crippen molar-refractivity contribution in [3.63, 3.8) is 0 Å². The summed E-state index contributed by atoms with van der Waals surface area (Å²) in [5, 5.41) is 0.0217. The van der Waals surface area contributed by atoms with Crippen LogP contribution >= 0.6 is 0 Å². The van der Waals surface area contributed by atoms with Crippen LogP contribution in [0.2, 0.25) is 0 Å². The Kier molecular flexibility index (Phi) is 3.26. The van der Waals surface area contributed by atoms with E-state index in [1.54, 1.807) is 13.2 Å². The minimum absolute atomic E-state index is 0.0217. The highest BCUT2D eigenvalue weighted by atomic mass is 32.2. The molecule has 1 N–H and O–H groups in total. The van der Waals surface area contributed by atoms with Crippen LogP contribution in [0.25, 0.3) is 0 Å². The van der Waals surface area contributed by atoms with Crippen molar-refractivity contribution < 1.29 is 8.42 Å². The van der Waals surface area contributed by atoms with Gasteiger partial charge in [-0.05, 0) is 5.56 Å². The zero-order valence-electron chi connectivity index (χ0n) is 9.37. The first-order chi connectivity index (χ1) is 8.09. The summed E-state index contributed by atoms with van der Waals surface area (Å²) in [4.78, 5) is 3.81. The van der Waals surface area contributed by atoms with Crippen LogP contribution in [0.15, 0.2) is 47.9 Å². The molecule has 1 heterocycles. The van der Waals surface area contributed by atoms with E-state index in [1.165, 1.54) is 10.8 Å². The van der Waals surface area contributed by atoms with Crippen molar-refractivity contribution in [3.05, 3.63) is 48.3 Å². The number of nitrogens with one attached hydrogen (secondary N) is 1. The van der Waals surface area contributed by atoms with Crippen LogP contribution in [-0.4, -0.2) is 18.0 Å². The number of hydrogen-bond donors (Lipinski definition) is 1. The standard InChI is InChI=1S/C11H13N3O2S/c1-14-8-7-12-11(14)17(15,16)13-9-10-5-3-2-4-6-10/h2-8,13H,9H2,1H3. The first kappa shape index (κ1) is 11.8. The van der Waals surface area contributed by atoms with Crippen molar-refractivity contribution in [1.29, 1.82) is 0 Å². The number of hydrogen-bond acceptors (Lipinski definition) is 3. The van der Waals surface area contributed by atoms with Gasteiger partial charge in [-0.3, -0.25) is 0 Å². The van der Waals surface area contributed by atoms with Gasteiger partial charge >= 0.3 is 0 Å². The Bertz CT molecular complexity index is 590. The average molecular weight is 251 g/mol. The lowest BCUT2D eigenvalue weighted by molar-refractivity contribution is 0.564. The van der Waals surface area contributed by atoms with Gasteiger partial charge in [0.05, 0.1) is 0 Å². The zero-order chi connectivity index (χ0) is 12.3. The molecule has 0 unspecified atom stereocenters. The fraction of sp³-hybridized carbons (Fsp3) is 0.182. The van der Waals surface area contributed by atoms with Crippen LogP contribution in [0.4, 0.5) is 0 Å². The van der Waals surface area contributed by atoms with Gasteiger partial charge in [0.25, 0.3) is 10.0 Å². The molecule has 5 nitrogen and oxygen atoms in total. The van der Waals surface area contributed by atoms with E-state index in [-0.39, 0.29) is 11.7 Å². The molecule has 0 amide bonds. The third kappa shape index (κ3) is 2.72. The Morgan fingerprint density at radius 3 is 2.59 bits per heavy atom. The summed E-state index contributed by atoms with van der Waals surface area (Å²) in [6, 6.07) is 9.34. The maximum atomic E-state index is 11.9. The minimum Gasteiger partial charge on any atom is -0.324 e. The molecule has 2 rings (SSSR count). The smallest absolute Gasteiger partial charge is 0.274 e. The molecule has 0 aliphatic carbocycles. The van der Waals surface area contributed by atoms with Crippen molar-refractivity contribution in [2.45, 2.75) is 11.7 Å². The van der Waals surface area contributed by atoms with E-state index < -0.39 is 10.0 Å². The van der Waals surface area contributed by atoms with Crippen molar-refractivity contribution >= 4 is 10.0 Å². The highest BCUT2D eigenvalue weighted by molar-refractivity contribution is 7.89. The van der Waals surface area contributed by atoms with Crippen LogP contribution in [0.3, 0.4) is 0 Å². The molecule has 0 atom stereocenters. The fourth-order valence-electron chi connectivity index (χ4n) is 1.45. The quantitative estimate of drug-likeness (QED) is 0.878. The second kappa shape index (κ2) is 4.68. The molecule has 6 heteroatoms. The Morgan fingerprint density at radius 2 is 2.00 bits per heavy atom. The van der Waals surface area contributed by atoms with Gasteiger partial charge in [0.2, 0.25) is 5.16 Å². The largest absolute Gasteiger partial charge is 0.324 e. The molecule has 17 heavy (non-hydrogen) atoms. The maximum Gasteiger partial charge on any atom is 0.274 e. The lowest BCUT2D eigenvalue weighted by Gasteiger charge is -2.06. The molecule has 1 aromatic carbocycles. The molecule has 0 saturated heterocycles. The van der Waals surface area contributed by atoms with Crippen molar-refractivity contribution in [3.8, 4) is 0 Å². The Balaban J connectivity index is 2.12. The number of aromatic nitrogens is 2. The molecule has 0 aliphatic heterocycles. The van der Waals surface area contributed by atoms with E-state index in [9.17, 15) is 8.42 Å². The average Bonchev–Trinajstić information content (AvgIpc) is 2.75. The predicted molar refractivity (Wildman–Crippen MR) is 63.7 cm³/mol. The monoisotopic (exact) mass is 251 g/mol. The van der Waals surface area contributed by atoms with Crippen LogP contribution < -0.4 is 4.72 Å². The molecule has 0 aliphatic rings. The van der Waals surface area contributed by atoms with Gasteiger partial charge in [-0.2, -0.15) is 0 Å². The topological polar surface area (TPSA) is 64.0 Å². The second-order valence-corrected chi connectivity index (χ2v) is 5.29. The van der Waals surface area contributed by atoms with Gasteiger partial charge in [0, 0.05) is 26.0 Å². The van der Waals surface area contributed by atoms with Gasteiger partial charge in [-0.1, -0.05) is 30.3 Å². The summed E-state index contributed by atoms with van der Waals surface area (Å²) in [5.74, 6) is 0. The third-order valence-electron chi connectivity index (χ3n) is 2.33. The molecule has 90 valence electrons. The molecule has 0 radical (unpaired) electrons. The lowest BCUT2D eigenvalue weighted by atomic mass is 10.2. The third-order valence-corrected chi connectivity index (χ3v) is 3.72. The summed E-state index contributed by atoms with van der Waals surface area (Å²) >= 11 is 0. The zero-order valence-corrected chi connectivity index (χ0v) is 10.2. The summed E-state index contributed by atoms with van der Waals surface area (Å²) < 4.78 is 27.8. The van der Waals surface area contributed by atoms with Crippen LogP contribution in [0.1, 0.15) is 5.56 Å². The number of nitrogens with zero attached hydrogens (tertiary/aromatic N) is 2. The molecular formula is C11H13N3O2S. The van der Waals surface area contributed by atoms with E-state index in [2.05, 4.69) is 9.71 Å². The molecular weight excluding hydrogens is 238 g/mol. The summed E-state index contributed by atoms with van der Waals surface area (Å²) in [5.41, 5.74) is 0.908. The normalized spacial score (nSPS) is 11.6. The molecule has 0 fully saturated rings. The van der Waals surface area contributed by atoms with Crippen molar-refractivity contribution in [2.75, 3.05) is 0 Å². The Labute approximate surface area is 100 Å². The first-order valence-corrected chi connectivity index (χ1v) is 6.59. The van der Waals surface area contributed by atoms with E-state index in [0.717, 1.165) is 5.56 Å². The Morgan fingerprint density at radius 1 is 1.29 bits per heavy atom. The fourth-order valence-corrected chi connectivity index (χ4v) is 2.58. The van der Waals surface area contributed by atoms with E-state index in [4.69, 9.17) is 0 Å². The SMILES string of the molecule is Cn1ccnc1S(=O)(=O)NCc1ccccc1. The summed E-state index contributed by atoms with van der Waals surface area (Å²) in [7, 11) is -1.90. The summed E-state index contributed by atoms with van der Waals surface area (Å²) in [6.07, 6.45) is 3.05. The molecule has 2 aromatic rings. The predicted octanol–water partition coefficient (Wildman–Crippen LogP) is 0.899. The number of rotatable bonds is 4. The van der Waals surface area contributed by atoms with Crippen molar-refractivity contribution in [2.24, 2.45) is 7.05 Å². The number of benzene rings is 1. The van der Waals surface area contributed by atoms with Crippen LogP contribution in [0.5, 0.6) is 0 Å². The van der Waals surface area contributed by atoms with Gasteiger partial charge in [0.15, 0.2) is 0 Å². The number of imidazole rings is 1. The number of aryl methyl sites for hydroxylation is 1. The molecule has 0 spiro atoms. The Hall–Kier alpha value is -1.66. The van der Waals surface area contributed by atoms with Gasteiger partial charge < -0.3 is 4.57 Å². The van der Waals surface area contributed by atoms with E-state index >= 15 is 0 Å². The van der Waals surface area contributed by atoms with Gasteiger partial charge in [0.1, 0.15) is 0 Å². The van der Waals surface area contributed by atoms with E-state index in [0.29, 0.717) is 0 Å². The van der Waals surface area contributed by atoms with Crippen molar-refractivity contribution in [1.82, 2.24) is 14.3 Å². The molecule has 1 aromatic heterocycles. The highest BCUT2D eigenvalue weighted by Crippen LogP contribution is 2.05. The van der Waals surface area contributed by atoms with Gasteiger partial charge in [-0.15, -0.1) is 0 Å². The van der Waals surface area contributed by atoms with E-state index in [1.807, 2.05) is 30.3 Å².